The first-order valence-corrected chi connectivity index (χ1v) is 7.03. The molecule has 126 valence electrons. The number of carbonyl (C=O) groups excluding carboxylic acids is 2. The molecule has 0 aromatic heterocycles. The zero-order valence-corrected chi connectivity index (χ0v) is 12.7. The third-order valence-electron chi connectivity index (χ3n) is 3.55. The fourth-order valence-electron chi connectivity index (χ4n) is 2.20. The van der Waals surface area contributed by atoms with Crippen molar-refractivity contribution in [3.05, 3.63) is 28.8 Å². The minimum absolute atomic E-state index is 0.368. The van der Waals surface area contributed by atoms with Gasteiger partial charge in [0, 0.05) is 6.42 Å². The van der Waals surface area contributed by atoms with Crippen molar-refractivity contribution in [3.8, 4) is 5.75 Å². The lowest BCUT2D eigenvalue weighted by Crippen LogP contribution is -2.44. The van der Waals surface area contributed by atoms with Crippen molar-refractivity contribution in [1.82, 2.24) is 10.6 Å². The van der Waals surface area contributed by atoms with E-state index in [2.05, 4.69) is 5.32 Å². The van der Waals surface area contributed by atoms with Crippen LogP contribution in [-0.2, 0) is 16.0 Å². The Bertz CT molecular complexity index is 598. The first kappa shape index (κ1) is 17.1. The van der Waals surface area contributed by atoms with Gasteiger partial charge in [-0.2, -0.15) is 13.2 Å². The molecule has 1 aliphatic rings. The Labute approximate surface area is 131 Å². The molecule has 2 rings (SSSR count). The van der Waals surface area contributed by atoms with Gasteiger partial charge in [0.25, 0.3) is 5.91 Å². The van der Waals surface area contributed by atoms with Crippen LogP contribution in [0.4, 0.5) is 13.2 Å². The Balaban J connectivity index is 1.83. The lowest BCUT2D eigenvalue weighted by Gasteiger charge is -2.12. The van der Waals surface area contributed by atoms with Crippen LogP contribution >= 0.6 is 0 Å². The summed E-state index contributed by atoms with van der Waals surface area (Å²) in [6, 6.07) is 3.78. The fraction of sp³-hybridized carbons (Fsp3) is 0.467. The Morgan fingerprint density at radius 1 is 1.22 bits per heavy atom. The van der Waals surface area contributed by atoms with Crippen molar-refractivity contribution in [3.63, 3.8) is 0 Å². The molecule has 0 radical (unpaired) electrons. The third-order valence-corrected chi connectivity index (χ3v) is 3.55. The first-order chi connectivity index (χ1) is 10.7. The molecular weight excluding hydrogens is 313 g/mol. The normalized spacial score (nSPS) is 16.5. The van der Waals surface area contributed by atoms with Crippen LogP contribution in [0.1, 0.15) is 16.7 Å². The highest BCUT2D eigenvalue weighted by molar-refractivity contribution is 5.87. The van der Waals surface area contributed by atoms with Crippen LogP contribution in [-0.4, -0.2) is 37.2 Å². The number of alkyl halides is 3. The molecule has 0 fully saturated rings. The van der Waals surface area contributed by atoms with E-state index < -0.39 is 37.2 Å². The van der Waals surface area contributed by atoms with Gasteiger partial charge in [-0.05, 0) is 36.6 Å². The SMILES string of the molecule is Cc1cc2c(cc1C)O[C@H](C(=O)NCC(=O)NCC(F)(F)F)C2. The summed E-state index contributed by atoms with van der Waals surface area (Å²) in [6.45, 7) is 1.93. The predicted octanol–water partition coefficient (Wildman–Crippen LogP) is 1.40. The predicted molar refractivity (Wildman–Crippen MR) is 76.1 cm³/mol. The molecule has 0 saturated heterocycles. The molecule has 2 N–H and O–H groups in total. The van der Waals surface area contributed by atoms with Crippen LogP contribution in [0.15, 0.2) is 12.1 Å². The summed E-state index contributed by atoms with van der Waals surface area (Å²) in [5, 5.41) is 3.96. The van der Waals surface area contributed by atoms with Gasteiger partial charge < -0.3 is 15.4 Å². The van der Waals surface area contributed by atoms with Crippen molar-refractivity contribution >= 4 is 11.8 Å². The van der Waals surface area contributed by atoms with Crippen LogP contribution in [0.2, 0.25) is 0 Å². The lowest BCUT2D eigenvalue weighted by atomic mass is 10.0. The standard InChI is InChI=1S/C15H17F3N2O3/c1-8-3-10-5-12(23-11(10)4-9(8)2)14(22)19-6-13(21)20-7-15(16,17)18/h3-4,12H,5-7H2,1-2H3,(H,19,22)(H,20,21)/t12-/m0/s1. The molecule has 0 saturated carbocycles. The van der Waals surface area contributed by atoms with Crippen molar-refractivity contribution < 1.29 is 27.5 Å². The molecule has 0 unspecified atom stereocenters. The van der Waals surface area contributed by atoms with Crippen molar-refractivity contribution in [2.45, 2.75) is 32.5 Å². The number of amides is 2. The summed E-state index contributed by atoms with van der Waals surface area (Å²) in [5.74, 6) is -0.814. The number of halogens is 3. The Hall–Kier alpha value is -2.25. The minimum atomic E-state index is -4.48. The van der Waals surface area contributed by atoms with Gasteiger partial charge in [-0.3, -0.25) is 9.59 Å². The Morgan fingerprint density at radius 2 is 1.87 bits per heavy atom. The smallest absolute Gasteiger partial charge is 0.405 e. The second kappa shape index (κ2) is 6.47. The van der Waals surface area contributed by atoms with E-state index in [4.69, 9.17) is 4.74 Å². The molecule has 0 aliphatic carbocycles. The number of aryl methyl sites for hydroxylation is 2. The number of nitrogens with one attached hydrogen (secondary N) is 2. The summed E-state index contributed by atoms with van der Waals surface area (Å²) < 4.78 is 41.4. The molecule has 1 heterocycles. The number of hydrogen-bond donors (Lipinski definition) is 2. The topological polar surface area (TPSA) is 67.4 Å². The van der Waals surface area contributed by atoms with Gasteiger partial charge >= 0.3 is 6.18 Å². The van der Waals surface area contributed by atoms with Gasteiger partial charge in [-0.15, -0.1) is 0 Å². The van der Waals surface area contributed by atoms with Crippen LogP contribution in [0, 0.1) is 13.8 Å². The maximum atomic E-state index is 12.0. The number of rotatable bonds is 4. The lowest BCUT2D eigenvalue weighted by molar-refractivity contribution is -0.139. The largest absolute Gasteiger partial charge is 0.480 e. The van der Waals surface area contributed by atoms with E-state index in [1.165, 1.54) is 0 Å². The third kappa shape index (κ3) is 4.61. The first-order valence-electron chi connectivity index (χ1n) is 7.03. The van der Waals surface area contributed by atoms with Crippen molar-refractivity contribution in [2.75, 3.05) is 13.1 Å². The molecule has 1 aliphatic heterocycles. The van der Waals surface area contributed by atoms with Gasteiger partial charge in [0.1, 0.15) is 12.3 Å². The zero-order chi connectivity index (χ0) is 17.2. The molecule has 23 heavy (non-hydrogen) atoms. The molecule has 8 heteroatoms. The Kier molecular flexibility index (Phi) is 4.82. The van der Waals surface area contributed by atoms with Gasteiger partial charge in [0.15, 0.2) is 6.10 Å². The highest BCUT2D eigenvalue weighted by Crippen LogP contribution is 2.31. The number of fused-ring (bicyclic) bond motifs is 1. The molecule has 2 amide bonds. The summed E-state index contributed by atoms with van der Waals surface area (Å²) in [5.41, 5.74) is 3.02. The summed E-state index contributed by atoms with van der Waals surface area (Å²) in [6.07, 6.45) is -4.89. The van der Waals surface area contributed by atoms with E-state index in [0.29, 0.717) is 12.2 Å². The monoisotopic (exact) mass is 330 g/mol. The highest BCUT2D eigenvalue weighted by Gasteiger charge is 2.30. The summed E-state index contributed by atoms with van der Waals surface area (Å²) in [4.78, 5) is 23.2. The zero-order valence-electron chi connectivity index (χ0n) is 12.7. The number of benzene rings is 1. The number of ether oxygens (including phenoxy) is 1. The van der Waals surface area contributed by atoms with Crippen molar-refractivity contribution in [2.24, 2.45) is 0 Å². The van der Waals surface area contributed by atoms with Gasteiger partial charge in [0.2, 0.25) is 5.91 Å². The molecule has 0 spiro atoms. The molecule has 5 nitrogen and oxygen atoms in total. The van der Waals surface area contributed by atoms with E-state index in [-0.39, 0.29) is 0 Å². The number of hydrogen-bond acceptors (Lipinski definition) is 3. The maximum Gasteiger partial charge on any atom is 0.405 e. The molecule has 1 aromatic rings. The van der Waals surface area contributed by atoms with Gasteiger partial charge in [0.05, 0.1) is 6.54 Å². The molecule has 1 atom stereocenters. The van der Waals surface area contributed by atoms with Crippen LogP contribution in [0.3, 0.4) is 0 Å². The second-order valence-corrected chi connectivity index (χ2v) is 5.46. The van der Waals surface area contributed by atoms with E-state index in [1.54, 1.807) is 5.32 Å². The second-order valence-electron chi connectivity index (χ2n) is 5.46. The van der Waals surface area contributed by atoms with E-state index in [0.717, 1.165) is 16.7 Å². The molecular formula is C15H17F3N2O3. The highest BCUT2D eigenvalue weighted by atomic mass is 19.4. The summed E-state index contributed by atoms with van der Waals surface area (Å²) >= 11 is 0. The summed E-state index contributed by atoms with van der Waals surface area (Å²) in [7, 11) is 0. The van der Waals surface area contributed by atoms with Crippen LogP contribution < -0.4 is 15.4 Å². The average Bonchev–Trinajstić information content (AvgIpc) is 2.85. The van der Waals surface area contributed by atoms with E-state index in [1.807, 2.05) is 26.0 Å². The van der Waals surface area contributed by atoms with Gasteiger partial charge in [-0.1, -0.05) is 6.07 Å². The van der Waals surface area contributed by atoms with Crippen LogP contribution in [0.25, 0.3) is 0 Å². The Morgan fingerprint density at radius 3 is 2.52 bits per heavy atom. The fourth-order valence-corrected chi connectivity index (χ4v) is 2.20. The molecule has 0 bridgehead atoms. The molecule has 1 aromatic carbocycles. The number of carbonyl (C=O) groups is 2. The quantitative estimate of drug-likeness (QED) is 0.877. The van der Waals surface area contributed by atoms with Crippen molar-refractivity contribution in [1.29, 1.82) is 0 Å². The van der Waals surface area contributed by atoms with Crippen LogP contribution in [0.5, 0.6) is 5.75 Å². The van der Waals surface area contributed by atoms with Gasteiger partial charge in [-0.25, -0.2) is 0 Å². The maximum absolute atomic E-state index is 12.0. The van der Waals surface area contributed by atoms with E-state index >= 15 is 0 Å². The minimum Gasteiger partial charge on any atom is -0.480 e. The van der Waals surface area contributed by atoms with E-state index in [9.17, 15) is 22.8 Å². The average molecular weight is 330 g/mol.